The van der Waals surface area contributed by atoms with E-state index in [0.29, 0.717) is 0 Å². The Labute approximate surface area is 158 Å². The second-order valence-corrected chi connectivity index (χ2v) is 6.51. The highest BCUT2D eigenvalue weighted by atomic mass is 33.1. The lowest BCUT2D eigenvalue weighted by Crippen LogP contribution is -1.70. The number of nitrogens with one attached hydrogen (secondary N) is 1. The number of benzene rings is 2. The first-order chi connectivity index (χ1) is 11.2. The Morgan fingerprint density at radius 2 is 1.00 bits per heavy atom. The lowest BCUT2D eigenvalue weighted by atomic mass is 10.3. The molecule has 0 spiro atoms. The quantitative estimate of drug-likeness (QED) is 0.352. The van der Waals surface area contributed by atoms with E-state index in [4.69, 9.17) is 5.41 Å². The maximum atomic E-state index is 5.77. The van der Waals surface area contributed by atoms with Gasteiger partial charge in [0, 0.05) is 9.79 Å². The Morgan fingerprint density at radius 1 is 0.696 bits per heavy atom. The Balaban J connectivity index is 0.000000816. The number of thiocarbonyl (C=S) groups is 3. The molecule has 0 saturated carbocycles. The summed E-state index contributed by atoms with van der Waals surface area (Å²) in [6, 6.07) is 15.7. The van der Waals surface area contributed by atoms with Crippen molar-refractivity contribution >= 4 is 85.1 Å². The normalized spacial score (nSPS) is 8.52. The molecular weight excluding hydrogens is 383 g/mol. The fourth-order valence-electron chi connectivity index (χ4n) is 1.35. The molecule has 0 amide bonds. The third kappa shape index (κ3) is 8.09. The van der Waals surface area contributed by atoms with Crippen molar-refractivity contribution in [2.75, 3.05) is 0 Å². The van der Waals surface area contributed by atoms with Crippen LogP contribution >= 0.6 is 58.2 Å². The van der Waals surface area contributed by atoms with Gasteiger partial charge in [0.1, 0.15) is 0 Å². The average Bonchev–Trinajstić information content (AvgIpc) is 2.57. The molecule has 0 fully saturated rings. The zero-order valence-electron chi connectivity index (χ0n) is 11.6. The summed E-state index contributed by atoms with van der Waals surface area (Å²) in [5.74, 6) is 0. The van der Waals surface area contributed by atoms with Gasteiger partial charge in [-0.3, -0.25) is 0 Å². The van der Waals surface area contributed by atoms with Crippen LogP contribution in [0.1, 0.15) is 0 Å². The smallest absolute Gasteiger partial charge is 0.0740 e. The first kappa shape index (κ1) is 19.6. The molecule has 2 aromatic carbocycles. The van der Waals surface area contributed by atoms with Gasteiger partial charge in [-0.1, -0.05) is 21.6 Å². The SMILES string of the molecule is N=C=S.S=C=Nc1ccc(SSc2ccc(N=C=S)cc2)cc1. The molecular formula is C15H9N3S5. The number of hydrogen-bond donors (Lipinski definition) is 1. The van der Waals surface area contributed by atoms with Crippen molar-refractivity contribution in [3.63, 3.8) is 0 Å². The number of rotatable bonds is 5. The largest absolute Gasteiger partial charge is 0.248 e. The fraction of sp³-hybridized carbons (Fsp3) is 0. The molecule has 0 aliphatic rings. The highest BCUT2D eigenvalue weighted by molar-refractivity contribution is 8.76. The van der Waals surface area contributed by atoms with Gasteiger partial charge < -0.3 is 0 Å². The van der Waals surface area contributed by atoms with E-state index in [-0.39, 0.29) is 0 Å². The molecule has 0 heterocycles. The van der Waals surface area contributed by atoms with Crippen LogP contribution in [0.4, 0.5) is 11.4 Å². The molecule has 0 saturated heterocycles. The highest BCUT2D eigenvalue weighted by Gasteiger charge is 1.98. The Morgan fingerprint density at radius 3 is 1.26 bits per heavy atom. The van der Waals surface area contributed by atoms with Gasteiger partial charge in [0.25, 0.3) is 0 Å². The third-order valence-electron chi connectivity index (χ3n) is 2.26. The number of hydrogen-bond acceptors (Lipinski definition) is 8. The molecule has 0 bridgehead atoms. The molecule has 8 heteroatoms. The minimum absolute atomic E-state index is 0.816. The third-order valence-corrected chi connectivity index (χ3v) is 4.86. The molecule has 114 valence electrons. The monoisotopic (exact) mass is 391 g/mol. The summed E-state index contributed by atoms with van der Waals surface area (Å²) in [7, 11) is 3.36. The molecule has 0 aliphatic heterocycles. The summed E-state index contributed by atoms with van der Waals surface area (Å²) in [6.07, 6.45) is 0. The molecule has 0 unspecified atom stereocenters. The molecule has 23 heavy (non-hydrogen) atoms. The fourth-order valence-corrected chi connectivity index (χ4v) is 3.50. The number of nitrogens with zero attached hydrogens (tertiary/aromatic N) is 2. The van der Waals surface area contributed by atoms with E-state index in [9.17, 15) is 0 Å². The van der Waals surface area contributed by atoms with Crippen LogP contribution in [0.25, 0.3) is 0 Å². The van der Waals surface area contributed by atoms with Crippen molar-refractivity contribution < 1.29 is 0 Å². The predicted molar refractivity (Wildman–Crippen MR) is 109 cm³/mol. The van der Waals surface area contributed by atoms with E-state index >= 15 is 0 Å². The van der Waals surface area contributed by atoms with E-state index in [1.165, 1.54) is 0 Å². The molecule has 2 aromatic rings. The van der Waals surface area contributed by atoms with Gasteiger partial charge in [-0.2, -0.15) is 9.98 Å². The highest BCUT2D eigenvalue weighted by Crippen LogP contribution is 2.38. The Kier molecular flexibility index (Phi) is 10.2. The van der Waals surface area contributed by atoms with Crippen LogP contribution < -0.4 is 0 Å². The molecule has 0 atom stereocenters. The van der Waals surface area contributed by atoms with Crippen molar-refractivity contribution in [1.82, 2.24) is 0 Å². The van der Waals surface area contributed by atoms with Crippen LogP contribution in [0, 0.1) is 5.41 Å². The zero-order valence-corrected chi connectivity index (χ0v) is 15.6. The van der Waals surface area contributed by atoms with Gasteiger partial charge >= 0.3 is 0 Å². The van der Waals surface area contributed by atoms with Gasteiger partial charge in [-0.15, -0.1) is 0 Å². The van der Waals surface area contributed by atoms with Gasteiger partial charge in [0.05, 0.1) is 26.9 Å². The van der Waals surface area contributed by atoms with Crippen LogP contribution in [0.15, 0.2) is 68.3 Å². The van der Waals surface area contributed by atoms with Crippen LogP contribution in [-0.2, 0) is 0 Å². The maximum absolute atomic E-state index is 5.77. The average molecular weight is 392 g/mol. The van der Waals surface area contributed by atoms with Gasteiger partial charge in [-0.25, -0.2) is 5.41 Å². The van der Waals surface area contributed by atoms with Gasteiger partial charge in [0.15, 0.2) is 0 Å². The second-order valence-electron chi connectivity index (χ2n) is 3.66. The number of isothiocyanates is 3. The van der Waals surface area contributed by atoms with Crippen molar-refractivity contribution in [1.29, 1.82) is 5.41 Å². The molecule has 0 aliphatic carbocycles. The van der Waals surface area contributed by atoms with E-state index in [1.54, 1.807) is 26.7 Å². The lowest BCUT2D eigenvalue weighted by Gasteiger charge is -2.01. The minimum atomic E-state index is 0.816. The maximum Gasteiger partial charge on any atom is 0.0740 e. The first-order valence-corrected chi connectivity index (χ1v) is 9.35. The van der Waals surface area contributed by atoms with Gasteiger partial charge in [0.2, 0.25) is 0 Å². The predicted octanol–water partition coefficient (Wildman–Crippen LogP) is 6.62. The Bertz CT molecular complexity index is 691. The van der Waals surface area contributed by atoms with Crippen molar-refractivity contribution in [3.8, 4) is 0 Å². The van der Waals surface area contributed by atoms with E-state index in [1.807, 2.05) is 48.5 Å². The standard InChI is InChI=1S/C14H8N2S4.CHNS/c17-9-15-11-1-5-13(6-2-11)19-20-14-7-3-12(4-8-14)16-10-18;2-1-3/h1-8H;2H. The molecule has 0 radical (unpaired) electrons. The lowest BCUT2D eigenvalue weighted by molar-refractivity contribution is 1.43. The topological polar surface area (TPSA) is 48.6 Å². The van der Waals surface area contributed by atoms with E-state index < -0.39 is 0 Å². The summed E-state index contributed by atoms with van der Waals surface area (Å²) in [6.45, 7) is 0. The van der Waals surface area contributed by atoms with Gasteiger partial charge in [-0.05, 0) is 85.2 Å². The van der Waals surface area contributed by atoms with E-state index in [0.717, 1.165) is 21.2 Å². The minimum Gasteiger partial charge on any atom is -0.248 e. The van der Waals surface area contributed by atoms with Crippen molar-refractivity contribution in [2.24, 2.45) is 9.98 Å². The van der Waals surface area contributed by atoms with Crippen LogP contribution in [0.2, 0.25) is 0 Å². The summed E-state index contributed by atoms with van der Waals surface area (Å²) in [5, 5.41) is 12.1. The van der Waals surface area contributed by atoms with Crippen LogP contribution in [0.3, 0.4) is 0 Å². The van der Waals surface area contributed by atoms with Crippen molar-refractivity contribution in [3.05, 3.63) is 48.5 Å². The summed E-state index contributed by atoms with van der Waals surface area (Å²) in [5.41, 5.74) is 1.63. The Hall–Kier alpha value is -1.46. The van der Waals surface area contributed by atoms with E-state index in [2.05, 4.69) is 57.0 Å². The first-order valence-electron chi connectivity index (χ1n) is 5.97. The second kappa shape index (κ2) is 12.0. The molecule has 0 aromatic heterocycles. The summed E-state index contributed by atoms with van der Waals surface area (Å²) < 4.78 is 0. The molecule has 1 N–H and O–H groups in total. The molecule has 2 rings (SSSR count). The number of aliphatic imine (C=N–C) groups is 2. The van der Waals surface area contributed by atoms with Crippen molar-refractivity contribution in [2.45, 2.75) is 9.79 Å². The zero-order chi connectivity index (χ0) is 16.9. The molecule has 3 nitrogen and oxygen atoms in total. The van der Waals surface area contributed by atoms with Crippen LogP contribution in [-0.4, -0.2) is 15.5 Å². The summed E-state index contributed by atoms with van der Waals surface area (Å²) >= 11 is 12.9. The summed E-state index contributed by atoms with van der Waals surface area (Å²) in [4.78, 5) is 10.1. The van der Waals surface area contributed by atoms with Crippen LogP contribution in [0.5, 0.6) is 0 Å².